The van der Waals surface area contributed by atoms with Gasteiger partial charge in [0.2, 0.25) is 0 Å². The lowest BCUT2D eigenvalue weighted by atomic mass is 10.0. The molecule has 0 fully saturated rings. The molecule has 0 atom stereocenters. The molecule has 0 heterocycles. The van der Waals surface area contributed by atoms with Crippen LogP contribution in [0.2, 0.25) is 0 Å². The zero-order valence-corrected chi connectivity index (χ0v) is 10.4. The zero-order valence-electron chi connectivity index (χ0n) is 10.4. The maximum Gasteiger partial charge on any atom is 0.125 e. The highest BCUT2D eigenvalue weighted by molar-refractivity contribution is 6.12. The van der Waals surface area contributed by atoms with Gasteiger partial charge in [-0.1, -0.05) is 30.3 Å². The summed E-state index contributed by atoms with van der Waals surface area (Å²) < 4.78 is 0. The van der Waals surface area contributed by atoms with Crippen LogP contribution in [0.4, 0.5) is 0 Å². The minimum Gasteiger partial charge on any atom is -0.507 e. The first-order chi connectivity index (χ1) is 8.09. The summed E-state index contributed by atoms with van der Waals surface area (Å²) in [7, 11) is 0. The molecule has 0 saturated carbocycles. The van der Waals surface area contributed by atoms with Crippen LogP contribution in [0.5, 0.6) is 5.75 Å². The second-order valence-corrected chi connectivity index (χ2v) is 4.49. The van der Waals surface area contributed by atoms with Gasteiger partial charge < -0.3 is 5.11 Å². The molecule has 0 unspecified atom stereocenters. The molecule has 2 nitrogen and oxygen atoms in total. The van der Waals surface area contributed by atoms with Crippen molar-refractivity contribution in [3.05, 3.63) is 42.0 Å². The number of aliphatic imine (C=N–C) groups is 1. The number of aromatic hydroxyl groups is 1. The molecule has 1 N–H and O–H groups in total. The molecule has 0 aliphatic carbocycles. The predicted octanol–water partition coefficient (Wildman–Crippen LogP) is 3.76. The number of hydrogen-bond donors (Lipinski definition) is 1. The Bertz CT molecular complexity index is 570. The maximum absolute atomic E-state index is 10.0. The van der Waals surface area contributed by atoms with Gasteiger partial charge in [-0.3, -0.25) is 4.99 Å². The highest BCUT2D eigenvalue weighted by atomic mass is 16.3. The topological polar surface area (TPSA) is 32.6 Å². The van der Waals surface area contributed by atoms with Gasteiger partial charge in [-0.15, -0.1) is 0 Å². The molecule has 0 radical (unpaired) electrons. The summed E-state index contributed by atoms with van der Waals surface area (Å²) in [5, 5.41) is 12.2. The molecule has 17 heavy (non-hydrogen) atoms. The SMILES string of the molecule is CC(=NC(C)C)c1c(O)ccc2ccccc12. The van der Waals surface area contributed by atoms with E-state index < -0.39 is 0 Å². The van der Waals surface area contributed by atoms with Crippen molar-refractivity contribution in [3.8, 4) is 5.75 Å². The molecule has 2 rings (SSSR count). The van der Waals surface area contributed by atoms with Crippen LogP contribution in [-0.2, 0) is 0 Å². The lowest BCUT2D eigenvalue weighted by Gasteiger charge is -2.10. The van der Waals surface area contributed by atoms with Crippen molar-refractivity contribution in [3.63, 3.8) is 0 Å². The number of phenolic OH excluding ortho intramolecular Hbond substituents is 1. The lowest BCUT2D eigenvalue weighted by molar-refractivity contribution is 0.475. The van der Waals surface area contributed by atoms with Crippen LogP contribution in [0.1, 0.15) is 26.3 Å². The molecule has 0 spiro atoms. The number of nitrogens with zero attached hydrogens (tertiary/aromatic N) is 1. The van der Waals surface area contributed by atoms with E-state index in [1.165, 1.54) is 0 Å². The summed E-state index contributed by atoms with van der Waals surface area (Å²) in [4.78, 5) is 4.52. The monoisotopic (exact) mass is 227 g/mol. The fraction of sp³-hybridized carbons (Fsp3) is 0.267. The van der Waals surface area contributed by atoms with Crippen LogP contribution in [-0.4, -0.2) is 16.9 Å². The van der Waals surface area contributed by atoms with Gasteiger partial charge in [0.05, 0.1) is 0 Å². The van der Waals surface area contributed by atoms with E-state index in [1.807, 2.05) is 51.1 Å². The third-order valence-corrected chi connectivity index (χ3v) is 2.72. The van der Waals surface area contributed by atoms with Gasteiger partial charge in [-0.2, -0.15) is 0 Å². The third-order valence-electron chi connectivity index (χ3n) is 2.72. The summed E-state index contributed by atoms with van der Waals surface area (Å²) in [6.45, 7) is 6.01. The summed E-state index contributed by atoms with van der Waals surface area (Å²) in [5.41, 5.74) is 1.73. The number of rotatable bonds is 2. The van der Waals surface area contributed by atoms with Crippen LogP contribution in [0.3, 0.4) is 0 Å². The molecule has 88 valence electrons. The van der Waals surface area contributed by atoms with Crippen molar-refractivity contribution < 1.29 is 5.11 Å². The second-order valence-electron chi connectivity index (χ2n) is 4.49. The molecule has 0 amide bonds. The normalized spacial score (nSPS) is 12.4. The highest BCUT2D eigenvalue weighted by Gasteiger charge is 2.09. The van der Waals surface area contributed by atoms with Crippen LogP contribution < -0.4 is 0 Å². The van der Waals surface area contributed by atoms with Crippen molar-refractivity contribution in [2.75, 3.05) is 0 Å². The van der Waals surface area contributed by atoms with Crippen LogP contribution >= 0.6 is 0 Å². The molecule has 0 aliphatic rings. The molecule has 2 aromatic carbocycles. The van der Waals surface area contributed by atoms with Crippen LogP contribution in [0, 0.1) is 0 Å². The quantitative estimate of drug-likeness (QED) is 0.778. The van der Waals surface area contributed by atoms with E-state index in [4.69, 9.17) is 0 Å². The highest BCUT2D eigenvalue weighted by Crippen LogP contribution is 2.27. The Morgan fingerprint density at radius 2 is 1.82 bits per heavy atom. The molecular weight excluding hydrogens is 210 g/mol. The van der Waals surface area contributed by atoms with Crippen LogP contribution in [0.25, 0.3) is 10.8 Å². The number of hydrogen-bond acceptors (Lipinski definition) is 2. The Morgan fingerprint density at radius 3 is 2.53 bits per heavy atom. The van der Waals surface area contributed by atoms with E-state index in [0.717, 1.165) is 22.0 Å². The van der Waals surface area contributed by atoms with Crippen molar-refractivity contribution >= 4 is 16.5 Å². The number of fused-ring (bicyclic) bond motifs is 1. The Morgan fingerprint density at radius 1 is 1.12 bits per heavy atom. The lowest BCUT2D eigenvalue weighted by Crippen LogP contribution is -2.01. The maximum atomic E-state index is 10.0. The van der Waals surface area contributed by atoms with Gasteiger partial charge in [-0.05, 0) is 37.6 Å². The summed E-state index contributed by atoms with van der Waals surface area (Å²) in [6.07, 6.45) is 0. The van der Waals surface area contributed by atoms with E-state index in [2.05, 4.69) is 4.99 Å². The number of benzene rings is 2. The smallest absolute Gasteiger partial charge is 0.125 e. The van der Waals surface area contributed by atoms with Gasteiger partial charge in [-0.25, -0.2) is 0 Å². The predicted molar refractivity (Wildman–Crippen MR) is 73.0 cm³/mol. The van der Waals surface area contributed by atoms with Crippen molar-refractivity contribution in [1.82, 2.24) is 0 Å². The Labute approximate surface area is 102 Å². The second kappa shape index (κ2) is 4.58. The Kier molecular flexibility index (Phi) is 3.14. The van der Waals surface area contributed by atoms with Gasteiger partial charge in [0.15, 0.2) is 0 Å². The Hall–Kier alpha value is -1.83. The fourth-order valence-corrected chi connectivity index (χ4v) is 2.09. The first-order valence-corrected chi connectivity index (χ1v) is 5.85. The van der Waals surface area contributed by atoms with E-state index in [1.54, 1.807) is 6.07 Å². The van der Waals surface area contributed by atoms with E-state index in [9.17, 15) is 5.11 Å². The third kappa shape index (κ3) is 2.31. The Balaban J connectivity index is 2.71. The van der Waals surface area contributed by atoms with E-state index >= 15 is 0 Å². The fourth-order valence-electron chi connectivity index (χ4n) is 2.09. The zero-order chi connectivity index (χ0) is 12.4. The van der Waals surface area contributed by atoms with Gasteiger partial charge >= 0.3 is 0 Å². The molecule has 2 heteroatoms. The minimum atomic E-state index is 0.230. The summed E-state index contributed by atoms with van der Waals surface area (Å²) in [5.74, 6) is 0.297. The standard InChI is InChI=1S/C15H17NO/c1-10(2)16-11(3)15-13-7-5-4-6-12(13)8-9-14(15)17/h4-10,17H,1-3H3. The average Bonchev–Trinajstić information content (AvgIpc) is 2.27. The van der Waals surface area contributed by atoms with Crippen molar-refractivity contribution in [1.29, 1.82) is 0 Å². The summed E-state index contributed by atoms with van der Waals surface area (Å²) >= 11 is 0. The molecule has 2 aromatic rings. The van der Waals surface area contributed by atoms with Crippen molar-refractivity contribution in [2.24, 2.45) is 4.99 Å². The average molecular weight is 227 g/mol. The minimum absolute atomic E-state index is 0.230. The molecule has 0 aliphatic heterocycles. The van der Waals surface area contributed by atoms with Gasteiger partial charge in [0, 0.05) is 17.3 Å². The first kappa shape index (κ1) is 11.6. The van der Waals surface area contributed by atoms with Crippen molar-refractivity contribution in [2.45, 2.75) is 26.8 Å². The van der Waals surface area contributed by atoms with Gasteiger partial charge in [0.1, 0.15) is 5.75 Å². The summed E-state index contributed by atoms with van der Waals surface area (Å²) in [6, 6.07) is 11.9. The van der Waals surface area contributed by atoms with Crippen LogP contribution in [0.15, 0.2) is 41.4 Å². The van der Waals surface area contributed by atoms with Gasteiger partial charge in [0.25, 0.3) is 0 Å². The van der Waals surface area contributed by atoms with E-state index in [-0.39, 0.29) is 6.04 Å². The molecule has 0 aromatic heterocycles. The molecular formula is C15H17NO. The van der Waals surface area contributed by atoms with E-state index in [0.29, 0.717) is 5.75 Å². The largest absolute Gasteiger partial charge is 0.507 e. The number of phenols is 1. The first-order valence-electron chi connectivity index (χ1n) is 5.85. The molecule has 0 bridgehead atoms. The molecule has 0 saturated heterocycles.